The average molecular weight is 407 g/mol. The van der Waals surface area contributed by atoms with Gasteiger partial charge in [-0.25, -0.2) is 9.98 Å². The number of anilines is 3. The van der Waals surface area contributed by atoms with Crippen LogP contribution in [0.5, 0.6) is 0 Å². The van der Waals surface area contributed by atoms with E-state index in [1.807, 2.05) is 37.4 Å². The zero-order valence-electron chi connectivity index (χ0n) is 15.8. The summed E-state index contributed by atoms with van der Waals surface area (Å²) < 4.78 is 5.74. The van der Waals surface area contributed by atoms with Crippen molar-refractivity contribution in [2.24, 2.45) is 4.99 Å². The number of aryl methyl sites for hydroxylation is 1. The molecule has 2 unspecified atom stereocenters. The van der Waals surface area contributed by atoms with Crippen LogP contribution in [0.3, 0.4) is 0 Å². The van der Waals surface area contributed by atoms with Gasteiger partial charge >= 0.3 is 0 Å². The molecule has 2 atom stereocenters. The zero-order chi connectivity index (χ0) is 19.5. The van der Waals surface area contributed by atoms with Crippen LogP contribution in [-0.2, 0) is 4.74 Å². The first-order valence-corrected chi connectivity index (χ1v) is 10.1. The molecule has 2 N–H and O–H groups in total. The molecular weight excluding hydrogens is 388 g/mol. The normalized spacial score (nSPS) is 22.0. The van der Waals surface area contributed by atoms with E-state index in [2.05, 4.69) is 26.5 Å². The van der Waals surface area contributed by atoms with Gasteiger partial charge in [-0.15, -0.1) is 0 Å². The molecule has 8 heteroatoms. The van der Waals surface area contributed by atoms with Gasteiger partial charge in [0.2, 0.25) is 0 Å². The molecule has 3 aromatic rings. The van der Waals surface area contributed by atoms with Crippen molar-refractivity contribution in [3.63, 3.8) is 0 Å². The first-order chi connectivity index (χ1) is 14.2. The summed E-state index contributed by atoms with van der Waals surface area (Å²) in [5.41, 5.74) is 5.15. The highest BCUT2D eigenvalue weighted by Crippen LogP contribution is 2.39. The van der Waals surface area contributed by atoms with Gasteiger partial charge in [0, 0.05) is 35.0 Å². The Balaban J connectivity index is 1.51. The number of aromatic nitrogens is 3. The molecule has 6 rings (SSSR count). The Bertz CT molecular complexity index is 1160. The number of rotatable bonds is 2. The van der Waals surface area contributed by atoms with E-state index in [9.17, 15) is 0 Å². The molecule has 7 nitrogen and oxygen atoms in total. The van der Waals surface area contributed by atoms with E-state index in [-0.39, 0.29) is 0 Å². The molecule has 0 amide bonds. The monoisotopic (exact) mass is 406 g/mol. The van der Waals surface area contributed by atoms with Gasteiger partial charge in [0.25, 0.3) is 0 Å². The van der Waals surface area contributed by atoms with Crippen LogP contribution in [0, 0.1) is 6.92 Å². The first-order valence-electron chi connectivity index (χ1n) is 9.71. The lowest BCUT2D eigenvalue weighted by atomic mass is 10.0. The van der Waals surface area contributed by atoms with E-state index < -0.39 is 0 Å². The Hall–Kier alpha value is -2.90. The molecule has 0 radical (unpaired) electrons. The van der Waals surface area contributed by atoms with E-state index in [1.54, 1.807) is 0 Å². The van der Waals surface area contributed by atoms with Gasteiger partial charge in [0.1, 0.15) is 11.5 Å². The van der Waals surface area contributed by atoms with Crippen LogP contribution >= 0.6 is 11.6 Å². The van der Waals surface area contributed by atoms with Crippen LogP contribution in [0.2, 0.25) is 5.02 Å². The highest BCUT2D eigenvalue weighted by molar-refractivity contribution is 6.36. The van der Waals surface area contributed by atoms with Crippen molar-refractivity contribution in [1.82, 2.24) is 15.2 Å². The molecule has 2 bridgehead atoms. The van der Waals surface area contributed by atoms with Crippen LogP contribution < -0.4 is 10.2 Å². The molecule has 29 heavy (non-hydrogen) atoms. The third kappa shape index (κ3) is 2.65. The molecular formula is C21H19ClN6O. The molecule has 1 aromatic carbocycles. The number of hydrogen-bond donors (Lipinski definition) is 2. The lowest BCUT2D eigenvalue weighted by Crippen LogP contribution is -2.37. The second kappa shape index (κ2) is 6.30. The lowest BCUT2D eigenvalue weighted by molar-refractivity contribution is 0.0989. The van der Waals surface area contributed by atoms with Gasteiger partial charge in [0.05, 0.1) is 35.8 Å². The van der Waals surface area contributed by atoms with Crippen LogP contribution in [0.25, 0.3) is 0 Å². The molecule has 0 saturated carbocycles. The zero-order valence-corrected chi connectivity index (χ0v) is 16.6. The summed E-state index contributed by atoms with van der Waals surface area (Å²) in [5.74, 6) is 1.65. The quantitative estimate of drug-likeness (QED) is 0.526. The first kappa shape index (κ1) is 17.0. The number of benzene rings is 1. The number of halogens is 1. The predicted octanol–water partition coefficient (Wildman–Crippen LogP) is 3.97. The van der Waals surface area contributed by atoms with Crippen LogP contribution in [0.1, 0.15) is 23.2 Å². The number of aromatic amines is 1. The maximum absolute atomic E-state index is 6.53. The average Bonchev–Trinajstić information content (AvgIpc) is 3.42. The summed E-state index contributed by atoms with van der Waals surface area (Å²) in [6.07, 6.45) is 3.27. The van der Waals surface area contributed by atoms with Gasteiger partial charge in [-0.3, -0.25) is 5.10 Å². The number of nitrogens with one attached hydrogen (secondary N) is 2. The van der Waals surface area contributed by atoms with Crippen molar-refractivity contribution in [1.29, 1.82) is 0 Å². The molecule has 2 saturated heterocycles. The van der Waals surface area contributed by atoms with Gasteiger partial charge in [-0.05, 0) is 19.4 Å². The number of H-pyrrole nitrogens is 1. The number of pyridine rings is 1. The van der Waals surface area contributed by atoms with Gasteiger partial charge < -0.3 is 15.0 Å². The molecule has 5 heterocycles. The van der Waals surface area contributed by atoms with Crippen molar-refractivity contribution in [2.45, 2.75) is 25.5 Å². The highest BCUT2D eigenvalue weighted by atomic mass is 35.5. The van der Waals surface area contributed by atoms with E-state index in [0.717, 1.165) is 59.3 Å². The maximum atomic E-state index is 6.53. The maximum Gasteiger partial charge on any atom is 0.178 e. The Labute approximate surface area is 172 Å². The van der Waals surface area contributed by atoms with E-state index in [0.29, 0.717) is 23.0 Å². The summed E-state index contributed by atoms with van der Waals surface area (Å²) in [6, 6.07) is 10.2. The molecule has 3 aliphatic heterocycles. The van der Waals surface area contributed by atoms with Crippen molar-refractivity contribution < 1.29 is 4.74 Å². The van der Waals surface area contributed by atoms with Gasteiger partial charge in [0.15, 0.2) is 5.82 Å². The van der Waals surface area contributed by atoms with E-state index in [4.69, 9.17) is 26.3 Å². The van der Waals surface area contributed by atoms with Gasteiger partial charge in [-0.1, -0.05) is 29.8 Å². The Kier molecular flexibility index (Phi) is 3.69. The number of ether oxygens (including phenoxy) is 1. The second-order valence-corrected chi connectivity index (χ2v) is 8.10. The Morgan fingerprint density at radius 1 is 1.24 bits per heavy atom. The SMILES string of the molecule is Cc1[nH]nc2c1N=C(c1ccccc1Cl)c1cnc(N3CC4CC3CO4)cc1N2. The number of morpholine rings is 1. The predicted molar refractivity (Wildman–Crippen MR) is 113 cm³/mol. The third-order valence-corrected chi connectivity index (χ3v) is 6.19. The molecule has 146 valence electrons. The minimum absolute atomic E-state index is 0.314. The minimum atomic E-state index is 0.314. The molecule has 0 aliphatic carbocycles. The van der Waals surface area contributed by atoms with Crippen LogP contribution in [0.4, 0.5) is 23.0 Å². The number of nitrogens with zero attached hydrogens (tertiary/aromatic N) is 4. The number of aliphatic imine (C=N–C) groups is 1. The smallest absolute Gasteiger partial charge is 0.178 e. The fourth-order valence-corrected chi connectivity index (χ4v) is 4.60. The van der Waals surface area contributed by atoms with E-state index >= 15 is 0 Å². The molecule has 0 spiro atoms. The summed E-state index contributed by atoms with van der Waals surface area (Å²) in [6.45, 7) is 3.61. The molecule has 2 fully saturated rings. The second-order valence-electron chi connectivity index (χ2n) is 7.70. The summed E-state index contributed by atoms with van der Waals surface area (Å²) >= 11 is 6.53. The fraction of sp³-hybridized carbons (Fsp3) is 0.286. The summed E-state index contributed by atoms with van der Waals surface area (Å²) in [4.78, 5) is 12.1. The topological polar surface area (TPSA) is 78.4 Å². The lowest BCUT2D eigenvalue weighted by Gasteiger charge is -2.28. The van der Waals surface area contributed by atoms with E-state index in [1.165, 1.54) is 0 Å². The minimum Gasteiger partial charge on any atom is -0.374 e. The summed E-state index contributed by atoms with van der Waals surface area (Å²) in [7, 11) is 0. The van der Waals surface area contributed by atoms with Gasteiger partial charge in [-0.2, -0.15) is 5.10 Å². The third-order valence-electron chi connectivity index (χ3n) is 5.86. The standard InChI is InChI=1S/C21H19ClN6O/c1-11-19-21(27-26-11)24-17-7-18(28-9-13-6-12(28)10-29-13)23-8-15(17)20(25-19)14-4-2-3-5-16(14)22/h2-5,7-8,12-13H,6,9-10H2,1H3,(H2,24,26,27). The molecule has 2 aromatic heterocycles. The fourth-order valence-electron chi connectivity index (χ4n) is 4.38. The number of hydrogen-bond acceptors (Lipinski definition) is 6. The summed E-state index contributed by atoms with van der Waals surface area (Å²) in [5, 5.41) is 11.5. The highest BCUT2D eigenvalue weighted by Gasteiger charge is 2.40. The van der Waals surface area contributed by atoms with Crippen molar-refractivity contribution in [3.05, 3.63) is 58.4 Å². The van der Waals surface area contributed by atoms with Crippen LogP contribution in [-0.4, -0.2) is 46.2 Å². The van der Waals surface area contributed by atoms with Crippen LogP contribution in [0.15, 0.2) is 41.5 Å². The largest absolute Gasteiger partial charge is 0.374 e. The van der Waals surface area contributed by atoms with Crippen molar-refractivity contribution in [2.75, 3.05) is 23.4 Å². The Morgan fingerprint density at radius 3 is 2.93 bits per heavy atom. The van der Waals surface area contributed by atoms with Crippen molar-refractivity contribution >= 4 is 40.3 Å². The Morgan fingerprint density at radius 2 is 2.14 bits per heavy atom. The van der Waals surface area contributed by atoms with Crippen molar-refractivity contribution in [3.8, 4) is 0 Å². The number of fused-ring (bicyclic) bond motifs is 4. The molecule has 3 aliphatic rings.